The molecule has 0 aromatic heterocycles. The molecule has 128 valence electrons. The molecule has 2 aromatic carbocycles. The summed E-state index contributed by atoms with van der Waals surface area (Å²) in [6.45, 7) is 3.17. The number of para-hydroxylation sites is 1. The van der Waals surface area contributed by atoms with Gasteiger partial charge in [-0.25, -0.2) is 0 Å². The lowest BCUT2D eigenvalue weighted by molar-refractivity contribution is 0.336. The highest BCUT2D eigenvalue weighted by Crippen LogP contribution is 2.27. The maximum atomic E-state index is 6.08. The van der Waals surface area contributed by atoms with Crippen LogP contribution in [-0.4, -0.2) is 26.2 Å². The van der Waals surface area contributed by atoms with E-state index in [9.17, 15) is 0 Å². The Labute approximate surface area is 147 Å². The van der Waals surface area contributed by atoms with Gasteiger partial charge in [0, 0.05) is 12.2 Å². The van der Waals surface area contributed by atoms with Crippen LogP contribution in [0.3, 0.4) is 0 Å². The van der Waals surface area contributed by atoms with Crippen LogP contribution in [0.15, 0.2) is 47.5 Å². The van der Waals surface area contributed by atoms with Gasteiger partial charge in [-0.05, 0) is 43.2 Å². The molecule has 0 radical (unpaired) electrons. The predicted octanol–water partition coefficient (Wildman–Crippen LogP) is 3.72. The SMILES string of the molecule is CCOc1ccccc1CCN=C(N)Nc1ccc(OC)c(Cl)c1. The van der Waals surface area contributed by atoms with E-state index < -0.39 is 0 Å². The number of hydrogen-bond acceptors (Lipinski definition) is 3. The Hall–Kier alpha value is -2.40. The minimum Gasteiger partial charge on any atom is -0.495 e. The zero-order chi connectivity index (χ0) is 17.4. The molecule has 0 amide bonds. The van der Waals surface area contributed by atoms with Gasteiger partial charge in [0.2, 0.25) is 0 Å². The summed E-state index contributed by atoms with van der Waals surface area (Å²) in [5.74, 6) is 1.85. The second kappa shape index (κ2) is 9.03. The lowest BCUT2D eigenvalue weighted by atomic mass is 10.1. The van der Waals surface area contributed by atoms with Crippen LogP contribution in [0.4, 0.5) is 5.69 Å². The third kappa shape index (κ3) is 5.06. The van der Waals surface area contributed by atoms with Gasteiger partial charge >= 0.3 is 0 Å². The standard InChI is InChI=1S/C18H22ClN3O2/c1-3-24-16-7-5-4-6-13(16)10-11-21-18(20)22-14-8-9-17(23-2)15(19)12-14/h4-9,12H,3,10-11H2,1-2H3,(H3,20,21,22). The number of halogens is 1. The third-order valence-corrected chi connectivity index (χ3v) is 3.66. The van der Waals surface area contributed by atoms with Crippen molar-refractivity contribution in [2.75, 3.05) is 25.6 Å². The number of ether oxygens (including phenoxy) is 2. The summed E-state index contributed by atoms with van der Waals surface area (Å²) in [5, 5.41) is 3.53. The average molecular weight is 348 g/mol. The maximum Gasteiger partial charge on any atom is 0.193 e. The first-order valence-corrected chi connectivity index (χ1v) is 8.13. The molecule has 0 unspecified atom stereocenters. The molecular weight excluding hydrogens is 326 g/mol. The van der Waals surface area contributed by atoms with Crippen LogP contribution in [0.25, 0.3) is 0 Å². The smallest absolute Gasteiger partial charge is 0.193 e. The minimum atomic E-state index is 0.338. The van der Waals surface area contributed by atoms with Gasteiger partial charge in [-0.3, -0.25) is 4.99 Å². The molecule has 2 rings (SSSR count). The van der Waals surface area contributed by atoms with Crippen molar-refractivity contribution in [2.24, 2.45) is 10.7 Å². The van der Waals surface area contributed by atoms with Crippen molar-refractivity contribution in [3.05, 3.63) is 53.1 Å². The van der Waals surface area contributed by atoms with Crippen molar-refractivity contribution in [2.45, 2.75) is 13.3 Å². The van der Waals surface area contributed by atoms with E-state index in [0.29, 0.717) is 29.9 Å². The number of rotatable bonds is 7. The Morgan fingerprint density at radius 3 is 2.71 bits per heavy atom. The second-order valence-corrected chi connectivity index (χ2v) is 5.44. The molecule has 0 aliphatic heterocycles. The zero-order valence-corrected chi connectivity index (χ0v) is 14.6. The molecule has 0 aliphatic rings. The van der Waals surface area contributed by atoms with Crippen LogP contribution in [0.5, 0.6) is 11.5 Å². The van der Waals surface area contributed by atoms with Gasteiger partial charge in [0.05, 0.1) is 18.7 Å². The number of anilines is 1. The minimum absolute atomic E-state index is 0.338. The fraction of sp³-hybridized carbons (Fsp3) is 0.278. The molecule has 0 atom stereocenters. The fourth-order valence-corrected chi connectivity index (χ4v) is 2.49. The highest BCUT2D eigenvalue weighted by atomic mass is 35.5. The van der Waals surface area contributed by atoms with Crippen molar-refractivity contribution in [3.8, 4) is 11.5 Å². The van der Waals surface area contributed by atoms with Crippen LogP contribution in [0.2, 0.25) is 5.02 Å². The average Bonchev–Trinajstić information content (AvgIpc) is 2.57. The van der Waals surface area contributed by atoms with Crippen LogP contribution in [-0.2, 0) is 6.42 Å². The zero-order valence-electron chi connectivity index (χ0n) is 13.9. The van der Waals surface area contributed by atoms with Gasteiger partial charge in [-0.1, -0.05) is 29.8 Å². The number of aliphatic imine (C=N–C) groups is 1. The van der Waals surface area contributed by atoms with Gasteiger partial charge in [0.25, 0.3) is 0 Å². The van der Waals surface area contributed by atoms with Crippen molar-refractivity contribution < 1.29 is 9.47 Å². The van der Waals surface area contributed by atoms with Crippen LogP contribution in [0, 0.1) is 0 Å². The molecule has 0 spiro atoms. The largest absolute Gasteiger partial charge is 0.495 e. The number of nitrogens with one attached hydrogen (secondary N) is 1. The van der Waals surface area contributed by atoms with E-state index in [2.05, 4.69) is 10.3 Å². The van der Waals surface area contributed by atoms with E-state index in [4.69, 9.17) is 26.8 Å². The number of nitrogens with zero attached hydrogens (tertiary/aromatic N) is 1. The molecule has 0 aliphatic carbocycles. The van der Waals surface area contributed by atoms with Crippen LogP contribution in [0.1, 0.15) is 12.5 Å². The molecule has 0 saturated carbocycles. The molecule has 3 N–H and O–H groups in total. The summed E-state index contributed by atoms with van der Waals surface area (Å²) in [6, 6.07) is 13.3. The highest BCUT2D eigenvalue weighted by molar-refractivity contribution is 6.32. The number of hydrogen-bond donors (Lipinski definition) is 2. The first-order valence-electron chi connectivity index (χ1n) is 7.75. The first-order chi connectivity index (χ1) is 11.6. The van der Waals surface area contributed by atoms with Crippen molar-refractivity contribution in [1.29, 1.82) is 0 Å². The quantitative estimate of drug-likeness (QED) is 0.591. The molecule has 0 bridgehead atoms. The van der Waals surface area contributed by atoms with Crippen molar-refractivity contribution in [3.63, 3.8) is 0 Å². The van der Waals surface area contributed by atoms with E-state index in [-0.39, 0.29) is 0 Å². The van der Waals surface area contributed by atoms with Gasteiger partial charge in [0.15, 0.2) is 5.96 Å². The number of guanidine groups is 1. The Bertz CT molecular complexity index is 704. The molecule has 5 nitrogen and oxygen atoms in total. The highest BCUT2D eigenvalue weighted by Gasteiger charge is 2.04. The normalized spacial score (nSPS) is 11.2. The number of methoxy groups -OCH3 is 1. The molecular formula is C18H22ClN3O2. The van der Waals surface area contributed by atoms with E-state index in [0.717, 1.165) is 23.4 Å². The Kier molecular flexibility index (Phi) is 6.75. The van der Waals surface area contributed by atoms with Gasteiger partial charge < -0.3 is 20.5 Å². The van der Waals surface area contributed by atoms with Gasteiger partial charge in [0.1, 0.15) is 11.5 Å². The Morgan fingerprint density at radius 1 is 1.21 bits per heavy atom. The molecule has 6 heteroatoms. The monoisotopic (exact) mass is 347 g/mol. The van der Waals surface area contributed by atoms with Crippen LogP contribution >= 0.6 is 11.6 Å². The summed E-state index contributed by atoms with van der Waals surface area (Å²) in [5.41, 5.74) is 7.80. The van der Waals surface area contributed by atoms with E-state index in [1.165, 1.54) is 0 Å². The van der Waals surface area contributed by atoms with E-state index in [1.54, 1.807) is 19.2 Å². The van der Waals surface area contributed by atoms with Crippen molar-refractivity contribution >= 4 is 23.2 Å². The Balaban J connectivity index is 1.94. The van der Waals surface area contributed by atoms with E-state index in [1.807, 2.05) is 37.3 Å². The molecule has 24 heavy (non-hydrogen) atoms. The first kappa shape index (κ1) is 17.9. The second-order valence-electron chi connectivity index (χ2n) is 5.03. The summed E-state index contributed by atoms with van der Waals surface area (Å²) in [6.07, 6.45) is 0.752. The van der Waals surface area contributed by atoms with Crippen molar-refractivity contribution in [1.82, 2.24) is 0 Å². The van der Waals surface area contributed by atoms with E-state index >= 15 is 0 Å². The number of nitrogens with two attached hydrogens (primary N) is 1. The molecule has 0 heterocycles. The predicted molar refractivity (Wildman–Crippen MR) is 99.4 cm³/mol. The summed E-state index contributed by atoms with van der Waals surface area (Å²) in [4.78, 5) is 4.34. The van der Waals surface area contributed by atoms with Crippen LogP contribution < -0.4 is 20.5 Å². The topological polar surface area (TPSA) is 68.9 Å². The van der Waals surface area contributed by atoms with Gasteiger partial charge in [-0.15, -0.1) is 0 Å². The lowest BCUT2D eigenvalue weighted by Crippen LogP contribution is -2.23. The molecule has 0 fully saturated rings. The fourth-order valence-electron chi connectivity index (χ4n) is 2.24. The molecule has 2 aromatic rings. The third-order valence-electron chi connectivity index (χ3n) is 3.36. The number of benzene rings is 2. The maximum absolute atomic E-state index is 6.08. The van der Waals surface area contributed by atoms with Gasteiger partial charge in [-0.2, -0.15) is 0 Å². The lowest BCUT2D eigenvalue weighted by Gasteiger charge is -2.10. The summed E-state index contributed by atoms with van der Waals surface area (Å²) >= 11 is 6.08. The summed E-state index contributed by atoms with van der Waals surface area (Å²) in [7, 11) is 1.57. The molecule has 0 saturated heterocycles. The Morgan fingerprint density at radius 2 is 2.00 bits per heavy atom. The summed E-state index contributed by atoms with van der Waals surface area (Å²) < 4.78 is 10.7.